The van der Waals surface area contributed by atoms with Crippen LogP contribution in [0.2, 0.25) is 0 Å². The Morgan fingerprint density at radius 3 is 2.44 bits per heavy atom. The molecule has 1 atom stereocenters. The van der Waals surface area contributed by atoms with Gasteiger partial charge in [0.2, 0.25) is 0 Å². The molecule has 0 heterocycles. The lowest BCUT2D eigenvalue weighted by Gasteiger charge is -2.14. The van der Waals surface area contributed by atoms with Gasteiger partial charge in [0, 0.05) is 25.3 Å². The number of aliphatic hydroxyl groups excluding tert-OH is 2. The molecule has 0 aliphatic heterocycles. The highest BCUT2D eigenvalue weighted by Gasteiger charge is 2.30. The Labute approximate surface area is 234 Å². The molecule has 2 aromatic rings. The summed E-state index contributed by atoms with van der Waals surface area (Å²) in [6.07, 6.45) is 10.0. The molecule has 218 valence electrons. The number of aliphatic hydroxyl groups is 2. The second-order valence-corrected chi connectivity index (χ2v) is 13.1. The molecule has 0 saturated heterocycles. The van der Waals surface area contributed by atoms with Crippen LogP contribution < -0.4 is 5.32 Å². The molecule has 0 amide bonds. The summed E-state index contributed by atoms with van der Waals surface area (Å²) in [5, 5.41) is 32.2. The second kappa shape index (κ2) is 16.3. The van der Waals surface area contributed by atoms with Crippen LogP contribution in [0.4, 0.5) is 0 Å². The molecule has 1 saturated carbocycles. The fourth-order valence-electron chi connectivity index (χ4n) is 5.26. The Kier molecular flexibility index (Phi) is 13.2. The Morgan fingerprint density at radius 2 is 1.69 bits per heavy atom. The first-order valence-corrected chi connectivity index (χ1v) is 16.1. The Morgan fingerprint density at radius 1 is 0.974 bits per heavy atom. The molecule has 0 bridgehead atoms. The fourth-order valence-corrected chi connectivity index (χ4v) is 7.27. The van der Waals surface area contributed by atoms with Crippen molar-refractivity contribution in [3.8, 4) is 5.75 Å². The number of phenols is 1. The van der Waals surface area contributed by atoms with Crippen LogP contribution in [0.5, 0.6) is 5.75 Å². The molecule has 0 unspecified atom stereocenters. The zero-order valence-corrected chi connectivity index (χ0v) is 24.2. The normalized spacial score (nSPS) is 15.2. The molecule has 1 fully saturated rings. The van der Waals surface area contributed by atoms with Gasteiger partial charge in [-0.1, -0.05) is 37.8 Å². The van der Waals surface area contributed by atoms with E-state index in [2.05, 4.69) is 11.4 Å². The Bertz CT molecular complexity index is 1110. The van der Waals surface area contributed by atoms with Gasteiger partial charge in [0.15, 0.2) is 9.84 Å². The molecular formula is C31H47NO6S. The second-order valence-electron chi connectivity index (χ2n) is 10.9. The maximum atomic E-state index is 13.0. The highest BCUT2D eigenvalue weighted by molar-refractivity contribution is 7.92. The maximum Gasteiger partial charge on any atom is 0.181 e. The summed E-state index contributed by atoms with van der Waals surface area (Å²) < 4.78 is 31.7. The molecule has 8 heteroatoms. The average Bonchev–Trinajstić information content (AvgIpc) is 3.47. The van der Waals surface area contributed by atoms with Gasteiger partial charge in [-0.2, -0.15) is 0 Å². The zero-order chi connectivity index (χ0) is 28.1. The van der Waals surface area contributed by atoms with Crippen molar-refractivity contribution in [1.82, 2.24) is 5.32 Å². The lowest BCUT2D eigenvalue weighted by molar-refractivity contribution is 0.126. The number of hydrogen-bond donors (Lipinski definition) is 4. The van der Waals surface area contributed by atoms with Crippen LogP contribution in [0.25, 0.3) is 0 Å². The molecular weight excluding hydrogens is 514 g/mol. The lowest BCUT2D eigenvalue weighted by atomic mass is 10.1. The summed E-state index contributed by atoms with van der Waals surface area (Å²) in [4.78, 5) is 0.501. The summed E-state index contributed by atoms with van der Waals surface area (Å²) in [6, 6.07) is 10.6. The zero-order valence-electron chi connectivity index (χ0n) is 23.4. The maximum absolute atomic E-state index is 13.0. The minimum absolute atomic E-state index is 0.0373. The van der Waals surface area contributed by atoms with E-state index in [1.54, 1.807) is 12.1 Å². The molecule has 39 heavy (non-hydrogen) atoms. The largest absolute Gasteiger partial charge is 0.508 e. The van der Waals surface area contributed by atoms with E-state index >= 15 is 0 Å². The van der Waals surface area contributed by atoms with Gasteiger partial charge in [-0.05, 0) is 99.4 Å². The lowest BCUT2D eigenvalue weighted by Crippen LogP contribution is -2.22. The van der Waals surface area contributed by atoms with Crippen molar-refractivity contribution < 1.29 is 28.5 Å². The van der Waals surface area contributed by atoms with E-state index < -0.39 is 15.9 Å². The Balaban J connectivity index is 1.20. The van der Waals surface area contributed by atoms with Crippen molar-refractivity contribution in [3.63, 3.8) is 0 Å². The number of benzene rings is 2. The van der Waals surface area contributed by atoms with Crippen molar-refractivity contribution in [2.75, 3.05) is 26.3 Å². The molecule has 4 N–H and O–H groups in total. The highest BCUT2D eigenvalue weighted by atomic mass is 32.2. The van der Waals surface area contributed by atoms with E-state index in [1.807, 2.05) is 19.1 Å². The summed E-state index contributed by atoms with van der Waals surface area (Å²) >= 11 is 0. The third kappa shape index (κ3) is 10.2. The van der Waals surface area contributed by atoms with Crippen molar-refractivity contribution in [3.05, 3.63) is 58.7 Å². The third-order valence-electron chi connectivity index (χ3n) is 7.57. The first kappa shape index (κ1) is 31.6. The number of nitrogens with one attached hydrogen (secondary N) is 1. The van der Waals surface area contributed by atoms with Gasteiger partial charge in [0.25, 0.3) is 0 Å². The van der Waals surface area contributed by atoms with Gasteiger partial charge < -0.3 is 25.4 Å². The topological polar surface area (TPSA) is 116 Å². The van der Waals surface area contributed by atoms with Crippen LogP contribution in [0.3, 0.4) is 0 Å². The molecule has 0 aromatic heterocycles. The number of aromatic hydroxyl groups is 1. The van der Waals surface area contributed by atoms with Gasteiger partial charge in [-0.3, -0.25) is 0 Å². The summed E-state index contributed by atoms with van der Waals surface area (Å²) in [6.45, 7) is 4.46. The number of aryl methyl sites for hydroxylation is 2. The van der Waals surface area contributed by atoms with Crippen LogP contribution in [-0.2, 0) is 27.6 Å². The van der Waals surface area contributed by atoms with Gasteiger partial charge in [0.1, 0.15) is 5.75 Å². The minimum atomic E-state index is -3.21. The predicted octanol–water partition coefficient (Wildman–Crippen LogP) is 5.13. The molecule has 0 spiro atoms. The highest BCUT2D eigenvalue weighted by Crippen LogP contribution is 2.30. The monoisotopic (exact) mass is 561 g/mol. The number of unbranched alkanes of at least 4 members (excludes halogenated alkanes) is 4. The quantitative estimate of drug-likeness (QED) is 0.186. The molecule has 2 aromatic carbocycles. The van der Waals surface area contributed by atoms with E-state index in [0.29, 0.717) is 22.6 Å². The molecule has 1 aliphatic rings. The van der Waals surface area contributed by atoms with Crippen molar-refractivity contribution in [2.24, 2.45) is 0 Å². The van der Waals surface area contributed by atoms with Crippen LogP contribution in [0, 0.1) is 6.92 Å². The molecule has 1 aliphatic carbocycles. The SMILES string of the molecule is Cc1cc(CCCCOCCCCCCNC[C@H](O)c2ccc(O)c(CO)c2)cc(S(=O)(=O)C2CCCC2)c1. The van der Waals surface area contributed by atoms with E-state index in [4.69, 9.17) is 4.74 Å². The van der Waals surface area contributed by atoms with Crippen LogP contribution in [-0.4, -0.2) is 55.3 Å². The van der Waals surface area contributed by atoms with Crippen molar-refractivity contribution in [1.29, 1.82) is 0 Å². The van der Waals surface area contributed by atoms with Crippen molar-refractivity contribution >= 4 is 9.84 Å². The van der Waals surface area contributed by atoms with Crippen LogP contribution >= 0.6 is 0 Å². The number of hydrogen-bond acceptors (Lipinski definition) is 7. The van der Waals surface area contributed by atoms with Gasteiger partial charge in [-0.15, -0.1) is 0 Å². The van der Waals surface area contributed by atoms with E-state index in [0.717, 1.165) is 102 Å². The van der Waals surface area contributed by atoms with Crippen molar-refractivity contribution in [2.45, 2.75) is 100 Å². The van der Waals surface area contributed by atoms with Gasteiger partial charge >= 0.3 is 0 Å². The summed E-state index contributed by atoms with van der Waals surface area (Å²) in [5.74, 6) is 0.0373. The van der Waals surface area contributed by atoms with Crippen LogP contribution in [0.15, 0.2) is 41.3 Å². The van der Waals surface area contributed by atoms with E-state index in [9.17, 15) is 23.7 Å². The van der Waals surface area contributed by atoms with Gasteiger partial charge in [0.05, 0.1) is 22.9 Å². The Hall–Kier alpha value is -1.97. The molecule has 3 rings (SSSR count). The first-order valence-electron chi connectivity index (χ1n) is 14.5. The molecule has 7 nitrogen and oxygen atoms in total. The summed E-state index contributed by atoms with van der Waals surface area (Å²) in [5.41, 5.74) is 3.21. The van der Waals surface area contributed by atoms with Crippen LogP contribution in [0.1, 0.15) is 92.6 Å². The number of rotatable bonds is 18. The van der Waals surface area contributed by atoms with E-state index in [-0.39, 0.29) is 17.6 Å². The van der Waals surface area contributed by atoms with Gasteiger partial charge in [-0.25, -0.2) is 8.42 Å². The third-order valence-corrected chi connectivity index (χ3v) is 9.81. The first-order chi connectivity index (χ1) is 18.8. The number of sulfone groups is 1. The standard InChI is InChI=1S/C31H47NO6S/c1-24-18-25(20-29(19-24)39(36,37)28-11-4-5-12-28)10-6-9-17-38-16-8-3-2-7-15-32-22-31(35)26-13-14-30(34)27(21-26)23-33/h13-14,18-21,28,31-35H,2-12,15-17,22-23H2,1H3/t31-/m0/s1. The number of ether oxygens (including phenoxy) is 1. The van der Waals surface area contributed by atoms with E-state index in [1.165, 1.54) is 6.07 Å². The minimum Gasteiger partial charge on any atom is -0.508 e. The smallest absolute Gasteiger partial charge is 0.181 e. The predicted molar refractivity (Wildman–Crippen MR) is 155 cm³/mol. The summed E-state index contributed by atoms with van der Waals surface area (Å²) in [7, 11) is -3.21. The molecule has 0 radical (unpaired) electrons. The fraction of sp³-hybridized carbons (Fsp3) is 0.613. The average molecular weight is 562 g/mol.